The van der Waals surface area contributed by atoms with Gasteiger partial charge in [0.15, 0.2) is 0 Å². The summed E-state index contributed by atoms with van der Waals surface area (Å²) in [5, 5.41) is 3.46. The van der Waals surface area contributed by atoms with Crippen molar-refractivity contribution in [1.29, 1.82) is 0 Å². The van der Waals surface area contributed by atoms with Crippen molar-refractivity contribution in [3.05, 3.63) is 30.3 Å². The van der Waals surface area contributed by atoms with E-state index in [1.165, 1.54) is 4.31 Å². The number of carbonyl (C=O) groups excluding carboxylic acids is 1. The molecule has 1 aromatic rings. The Morgan fingerprint density at radius 1 is 0.964 bits per heavy atom. The molecule has 0 spiro atoms. The monoisotopic (exact) mass is 427 g/mol. The van der Waals surface area contributed by atoms with E-state index < -0.39 is 10.0 Å². The largest absolute Gasteiger partial charge is 0.342 e. The maximum absolute atomic E-state index is 13.1. The van der Waals surface area contributed by atoms with Crippen LogP contribution in [0.2, 0.25) is 0 Å². The molecule has 0 bridgehead atoms. The molecule has 3 aliphatic heterocycles. The molecule has 3 heterocycles. The van der Waals surface area contributed by atoms with Crippen LogP contribution < -0.4 is 5.32 Å². The van der Waals surface area contributed by atoms with Crippen molar-refractivity contribution in [2.45, 2.75) is 30.6 Å². The van der Waals surface area contributed by atoms with E-state index in [2.05, 4.69) is 5.32 Å². The molecule has 4 rings (SSSR count). The van der Waals surface area contributed by atoms with Crippen LogP contribution in [0.5, 0.6) is 0 Å². The predicted molar refractivity (Wildman–Crippen MR) is 111 cm³/mol. The van der Waals surface area contributed by atoms with Gasteiger partial charge in [-0.15, -0.1) is 12.4 Å². The zero-order valence-corrected chi connectivity index (χ0v) is 17.8. The molecule has 0 aliphatic carbocycles. The van der Waals surface area contributed by atoms with Gasteiger partial charge >= 0.3 is 0 Å². The first-order valence-electron chi connectivity index (χ1n) is 10.1. The topological polar surface area (TPSA) is 69.7 Å². The molecule has 0 saturated carbocycles. The second kappa shape index (κ2) is 9.11. The molecule has 6 nitrogen and oxygen atoms in total. The van der Waals surface area contributed by atoms with Gasteiger partial charge in [-0.25, -0.2) is 8.42 Å². The summed E-state index contributed by atoms with van der Waals surface area (Å²) in [6.45, 7) is 4.56. The number of fused-ring (bicyclic) bond motifs is 1. The number of carbonyl (C=O) groups is 1. The molecular weight excluding hydrogens is 398 g/mol. The first-order valence-corrected chi connectivity index (χ1v) is 11.5. The standard InChI is InChI=1S/C20H29N3O3S.ClH/c24-20(22-11-8-16-13-21-14-17(16)9-12-22)18-5-4-10-23(15-18)27(25,26)19-6-2-1-3-7-19;/h1-3,6-7,16-18,21H,4-5,8-15H2;1H/t16-,17+,18?;. The smallest absolute Gasteiger partial charge is 0.243 e. The Labute approximate surface area is 174 Å². The van der Waals surface area contributed by atoms with Gasteiger partial charge in [-0.3, -0.25) is 4.79 Å². The molecular formula is C20H30ClN3O3S. The second-order valence-corrected chi connectivity index (χ2v) is 10.0. The number of hydrogen-bond acceptors (Lipinski definition) is 4. The summed E-state index contributed by atoms with van der Waals surface area (Å²) in [4.78, 5) is 15.4. The molecule has 1 unspecified atom stereocenters. The molecule has 0 radical (unpaired) electrons. The average Bonchev–Trinajstić information content (AvgIpc) is 3.06. The first kappa shape index (κ1) is 21.6. The number of nitrogens with one attached hydrogen (secondary N) is 1. The Morgan fingerprint density at radius 2 is 1.61 bits per heavy atom. The minimum absolute atomic E-state index is 0. The summed E-state index contributed by atoms with van der Waals surface area (Å²) in [6.07, 6.45) is 3.64. The van der Waals surface area contributed by atoms with Crippen LogP contribution in [0.25, 0.3) is 0 Å². The summed E-state index contributed by atoms with van der Waals surface area (Å²) in [6, 6.07) is 8.54. The zero-order chi connectivity index (χ0) is 18.9. The van der Waals surface area contributed by atoms with Gasteiger partial charge in [-0.1, -0.05) is 18.2 Å². The van der Waals surface area contributed by atoms with Gasteiger partial charge in [0, 0.05) is 26.2 Å². The van der Waals surface area contributed by atoms with Crippen LogP contribution in [0.1, 0.15) is 25.7 Å². The highest BCUT2D eigenvalue weighted by atomic mass is 35.5. The normalized spacial score (nSPS) is 28.9. The molecule has 156 valence electrons. The number of nitrogens with zero attached hydrogens (tertiary/aromatic N) is 2. The van der Waals surface area contributed by atoms with Gasteiger partial charge in [0.1, 0.15) is 0 Å². The minimum atomic E-state index is -3.52. The first-order chi connectivity index (χ1) is 13.1. The molecule has 3 fully saturated rings. The molecule has 1 N–H and O–H groups in total. The third-order valence-corrected chi connectivity index (χ3v) is 8.32. The Morgan fingerprint density at radius 3 is 2.25 bits per heavy atom. The molecule has 3 saturated heterocycles. The Hall–Kier alpha value is -1.15. The highest BCUT2D eigenvalue weighted by Crippen LogP contribution is 2.29. The highest BCUT2D eigenvalue weighted by molar-refractivity contribution is 7.89. The molecule has 0 aromatic heterocycles. The van der Waals surface area contributed by atoms with Crippen LogP contribution in [-0.4, -0.2) is 62.8 Å². The lowest BCUT2D eigenvalue weighted by molar-refractivity contribution is -0.136. The number of amides is 1. The van der Waals surface area contributed by atoms with E-state index >= 15 is 0 Å². The van der Waals surface area contributed by atoms with Crippen molar-refractivity contribution in [3.8, 4) is 0 Å². The van der Waals surface area contributed by atoms with Gasteiger partial charge in [0.25, 0.3) is 0 Å². The van der Waals surface area contributed by atoms with E-state index in [-0.39, 0.29) is 24.2 Å². The van der Waals surface area contributed by atoms with Crippen molar-refractivity contribution in [2.24, 2.45) is 17.8 Å². The minimum Gasteiger partial charge on any atom is -0.342 e. The summed E-state index contributed by atoms with van der Waals surface area (Å²) in [5.41, 5.74) is 0. The number of halogens is 1. The van der Waals surface area contributed by atoms with E-state index in [9.17, 15) is 13.2 Å². The molecule has 1 aromatic carbocycles. The van der Waals surface area contributed by atoms with Crippen LogP contribution in [0, 0.1) is 17.8 Å². The van der Waals surface area contributed by atoms with Gasteiger partial charge in [0.05, 0.1) is 10.8 Å². The van der Waals surface area contributed by atoms with Gasteiger partial charge < -0.3 is 10.2 Å². The fourth-order valence-corrected chi connectivity index (χ4v) is 6.35. The van der Waals surface area contributed by atoms with Crippen molar-refractivity contribution < 1.29 is 13.2 Å². The molecule has 3 atom stereocenters. The van der Waals surface area contributed by atoms with Crippen LogP contribution in [0.15, 0.2) is 35.2 Å². The molecule has 1 amide bonds. The second-order valence-electron chi connectivity index (χ2n) is 8.10. The van der Waals surface area contributed by atoms with Gasteiger partial charge in [0.2, 0.25) is 15.9 Å². The molecule has 8 heteroatoms. The summed E-state index contributed by atoms with van der Waals surface area (Å²) < 4.78 is 27.3. The average molecular weight is 428 g/mol. The van der Waals surface area contributed by atoms with Crippen molar-refractivity contribution in [2.75, 3.05) is 39.3 Å². The van der Waals surface area contributed by atoms with E-state index in [1.54, 1.807) is 24.3 Å². The maximum atomic E-state index is 13.1. The van der Waals surface area contributed by atoms with Crippen LogP contribution in [0.3, 0.4) is 0 Å². The number of hydrogen-bond donors (Lipinski definition) is 1. The van der Waals surface area contributed by atoms with E-state index in [4.69, 9.17) is 0 Å². The predicted octanol–water partition coefficient (Wildman–Crippen LogP) is 1.97. The Kier molecular flexibility index (Phi) is 7.02. The lowest BCUT2D eigenvalue weighted by Gasteiger charge is -2.34. The molecule has 3 aliphatic rings. The van der Waals surface area contributed by atoms with Crippen LogP contribution >= 0.6 is 12.4 Å². The number of sulfonamides is 1. The van der Waals surface area contributed by atoms with Crippen molar-refractivity contribution in [1.82, 2.24) is 14.5 Å². The number of rotatable bonds is 3. The molecule has 28 heavy (non-hydrogen) atoms. The summed E-state index contributed by atoms with van der Waals surface area (Å²) >= 11 is 0. The van der Waals surface area contributed by atoms with Crippen LogP contribution in [0.4, 0.5) is 0 Å². The van der Waals surface area contributed by atoms with Gasteiger partial charge in [-0.2, -0.15) is 4.31 Å². The van der Waals surface area contributed by atoms with E-state index in [1.807, 2.05) is 11.0 Å². The lowest BCUT2D eigenvalue weighted by atomic mass is 9.92. The fourth-order valence-electron chi connectivity index (χ4n) is 4.80. The van der Waals surface area contributed by atoms with Gasteiger partial charge in [-0.05, 0) is 62.7 Å². The lowest BCUT2D eigenvalue weighted by Crippen LogP contribution is -2.47. The number of benzene rings is 1. The fraction of sp³-hybridized carbons (Fsp3) is 0.650. The number of likely N-dealkylation sites (tertiary alicyclic amines) is 1. The highest BCUT2D eigenvalue weighted by Gasteiger charge is 2.37. The zero-order valence-electron chi connectivity index (χ0n) is 16.1. The van der Waals surface area contributed by atoms with E-state index in [0.29, 0.717) is 29.8 Å². The summed E-state index contributed by atoms with van der Waals surface area (Å²) in [5.74, 6) is 1.30. The third-order valence-electron chi connectivity index (χ3n) is 6.45. The Bertz CT molecular complexity index is 760. The van der Waals surface area contributed by atoms with Crippen molar-refractivity contribution >= 4 is 28.3 Å². The van der Waals surface area contributed by atoms with Crippen LogP contribution in [-0.2, 0) is 14.8 Å². The van der Waals surface area contributed by atoms with Crippen molar-refractivity contribution in [3.63, 3.8) is 0 Å². The quantitative estimate of drug-likeness (QED) is 0.800. The van der Waals surface area contributed by atoms with E-state index in [0.717, 1.165) is 51.9 Å². The number of piperidine rings is 1. The maximum Gasteiger partial charge on any atom is 0.243 e. The SMILES string of the molecule is Cl.O=C(C1CCCN(S(=O)(=O)c2ccccc2)C1)N1CC[C@@H]2CNC[C@@H]2CC1. The third kappa shape index (κ3) is 4.37. The summed E-state index contributed by atoms with van der Waals surface area (Å²) in [7, 11) is -3.52. The Balaban J connectivity index is 0.00000225.